The maximum Gasteiger partial charge on any atom is 0.340 e. The molecule has 1 aliphatic heterocycles. The SMILES string of the molecule is CCOC(=O)c1c2cc(=O)c(F)cc-2cn(-c2ccccc2)c1C. The van der Waals surface area contributed by atoms with Crippen LogP contribution in [-0.4, -0.2) is 17.1 Å². The summed E-state index contributed by atoms with van der Waals surface area (Å²) in [7, 11) is 0. The summed E-state index contributed by atoms with van der Waals surface area (Å²) in [5.74, 6) is -1.38. The van der Waals surface area contributed by atoms with Gasteiger partial charge in [0.15, 0.2) is 5.82 Å². The van der Waals surface area contributed by atoms with Crippen LogP contribution < -0.4 is 5.43 Å². The number of carbonyl (C=O) groups excluding carboxylic acids is 1. The molecule has 4 nitrogen and oxygen atoms in total. The fourth-order valence-electron chi connectivity index (χ4n) is 2.76. The Morgan fingerprint density at radius 3 is 2.58 bits per heavy atom. The van der Waals surface area contributed by atoms with Crippen LogP contribution in [0, 0.1) is 12.7 Å². The predicted octanol–water partition coefficient (Wildman–Crippen LogP) is 3.57. The van der Waals surface area contributed by atoms with E-state index in [1.165, 1.54) is 0 Å². The summed E-state index contributed by atoms with van der Waals surface area (Å²) in [4.78, 5) is 24.1. The highest BCUT2D eigenvalue weighted by molar-refractivity contribution is 5.99. The van der Waals surface area contributed by atoms with Gasteiger partial charge in [-0.25, -0.2) is 9.18 Å². The Labute approximate surface area is 138 Å². The molecule has 0 saturated carbocycles. The average Bonchev–Trinajstić information content (AvgIpc) is 2.57. The fraction of sp³-hybridized carbons (Fsp3) is 0.158. The first-order valence-electron chi connectivity index (χ1n) is 7.61. The van der Waals surface area contributed by atoms with Crippen molar-refractivity contribution in [1.29, 1.82) is 0 Å². The Morgan fingerprint density at radius 2 is 1.92 bits per heavy atom. The molecule has 0 fully saturated rings. The highest BCUT2D eigenvalue weighted by Gasteiger charge is 2.23. The Balaban J connectivity index is 2.37. The van der Waals surface area contributed by atoms with Gasteiger partial charge in [-0.05, 0) is 38.1 Å². The molecule has 24 heavy (non-hydrogen) atoms. The van der Waals surface area contributed by atoms with Gasteiger partial charge in [0, 0.05) is 28.7 Å². The van der Waals surface area contributed by atoms with Gasteiger partial charge < -0.3 is 9.30 Å². The number of nitrogens with zero attached hydrogens (tertiary/aromatic N) is 1. The van der Waals surface area contributed by atoms with Crippen LogP contribution in [-0.2, 0) is 4.74 Å². The lowest BCUT2D eigenvalue weighted by Crippen LogP contribution is -2.17. The third kappa shape index (κ3) is 2.69. The molecule has 0 amide bonds. The molecule has 1 aliphatic carbocycles. The van der Waals surface area contributed by atoms with E-state index in [4.69, 9.17) is 4.74 Å². The van der Waals surface area contributed by atoms with E-state index in [0.29, 0.717) is 16.8 Å². The van der Waals surface area contributed by atoms with E-state index in [2.05, 4.69) is 0 Å². The first-order chi connectivity index (χ1) is 11.5. The van der Waals surface area contributed by atoms with Crippen LogP contribution in [0.2, 0.25) is 0 Å². The zero-order valence-electron chi connectivity index (χ0n) is 13.4. The Hall–Kier alpha value is -2.95. The van der Waals surface area contributed by atoms with Crippen LogP contribution in [0.5, 0.6) is 0 Å². The summed E-state index contributed by atoms with van der Waals surface area (Å²) in [6, 6.07) is 11.7. The summed E-state index contributed by atoms with van der Waals surface area (Å²) in [6.07, 6.45) is 1.71. The molecule has 0 atom stereocenters. The molecule has 0 radical (unpaired) electrons. The maximum absolute atomic E-state index is 13.7. The van der Waals surface area contributed by atoms with E-state index in [0.717, 1.165) is 17.8 Å². The quantitative estimate of drug-likeness (QED) is 0.692. The van der Waals surface area contributed by atoms with Crippen LogP contribution in [0.3, 0.4) is 0 Å². The molecule has 122 valence electrons. The van der Waals surface area contributed by atoms with Crippen molar-refractivity contribution in [2.24, 2.45) is 0 Å². The van der Waals surface area contributed by atoms with Crippen molar-refractivity contribution in [3.63, 3.8) is 0 Å². The third-order valence-electron chi connectivity index (χ3n) is 3.88. The van der Waals surface area contributed by atoms with E-state index < -0.39 is 17.2 Å². The van der Waals surface area contributed by atoms with Gasteiger partial charge in [0.2, 0.25) is 5.43 Å². The minimum atomic E-state index is -0.847. The summed E-state index contributed by atoms with van der Waals surface area (Å²) in [5.41, 5.74) is 1.83. The number of aromatic nitrogens is 1. The summed E-state index contributed by atoms with van der Waals surface area (Å²) in [6.45, 7) is 3.69. The highest BCUT2D eigenvalue weighted by Crippen LogP contribution is 2.30. The lowest BCUT2D eigenvalue weighted by molar-refractivity contribution is 0.0525. The number of hydrogen-bond acceptors (Lipinski definition) is 3. The van der Waals surface area contributed by atoms with E-state index in [-0.39, 0.29) is 12.2 Å². The van der Waals surface area contributed by atoms with Crippen molar-refractivity contribution >= 4 is 5.97 Å². The van der Waals surface area contributed by atoms with Crippen LogP contribution in [0.25, 0.3) is 16.8 Å². The third-order valence-corrected chi connectivity index (χ3v) is 3.88. The second-order valence-corrected chi connectivity index (χ2v) is 5.39. The number of ether oxygens (including phenoxy) is 1. The molecule has 0 aromatic heterocycles. The zero-order chi connectivity index (χ0) is 17.3. The fourth-order valence-corrected chi connectivity index (χ4v) is 2.76. The lowest BCUT2D eigenvalue weighted by Gasteiger charge is -2.20. The smallest absolute Gasteiger partial charge is 0.340 e. The van der Waals surface area contributed by atoms with Crippen molar-refractivity contribution in [2.75, 3.05) is 6.61 Å². The molecule has 2 aliphatic rings. The number of para-hydroxylation sites is 1. The molecule has 1 aromatic carbocycles. The number of carbonyl (C=O) groups is 1. The summed E-state index contributed by atoms with van der Waals surface area (Å²) < 4.78 is 20.6. The molecule has 1 aromatic rings. The number of esters is 1. The molecular formula is C19H16FNO3. The van der Waals surface area contributed by atoms with E-state index in [1.807, 2.05) is 30.3 Å². The van der Waals surface area contributed by atoms with Crippen molar-refractivity contribution in [2.45, 2.75) is 13.8 Å². The molecule has 0 spiro atoms. The predicted molar refractivity (Wildman–Crippen MR) is 89.3 cm³/mol. The molecule has 0 N–H and O–H groups in total. The van der Waals surface area contributed by atoms with Gasteiger partial charge in [-0.15, -0.1) is 0 Å². The largest absolute Gasteiger partial charge is 0.462 e. The van der Waals surface area contributed by atoms with Crippen molar-refractivity contribution < 1.29 is 13.9 Å². The number of benzene rings is 2. The van der Waals surface area contributed by atoms with Gasteiger partial charge in [0.25, 0.3) is 0 Å². The standard InChI is InChI=1S/C19H16FNO3/c1-3-24-19(23)18-12(2)21(14-7-5-4-6-8-14)11-13-9-16(20)17(22)10-15(13)18/h4-11H,3H2,1-2H3. The topological polar surface area (TPSA) is 48.3 Å². The first kappa shape index (κ1) is 15.9. The van der Waals surface area contributed by atoms with Crippen molar-refractivity contribution in [1.82, 2.24) is 4.57 Å². The summed E-state index contributed by atoms with van der Waals surface area (Å²) in [5, 5.41) is 0. The monoisotopic (exact) mass is 325 g/mol. The van der Waals surface area contributed by atoms with Crippen molar-refractivity contribution in [3.8, 4) is 16.8 Å². The van der Waals surface area contributed by atoms with E-state index in [9.17, 15) is 14.0 Å². The Bertz CT molecular complexity index is 931. The number of hydrogen-bond donors (Lipinski definition) is 0. The average molecular weight is 325 g/mol. The van der Waals surface area contributed by atoms with Gasteiger partial charge >= 0.3 is 5.97 Å². The van der Waals surface area contributed by atoms with Crippen LogP contribution in [0.1, 0.15) is 23.0 Å². The van der Waals surface area contributed by atoms with Crippen molar-refractivity contribution in [3.05, 3.63) is 76.0 Å². The number of fused-ring (bicyclic) bond motifs is 1. The molecule has 3 rings (SSSR count). The van der Waals surface area contributed by atoms with E-state index >= 15 is 0 Å². The molecule has 1 heterocycles. The van der Waals surface area contributed by atoms with E-state index in [1.54, 1.807) is 24.6 Å². The molecule has 0 unspecified atom stereocenters. The molecule has 0 bridgehead atoms. The summed E-state index contributed by atoms with van der Waals surface area (Å²) >= 11 is 0. The second-order valence-electron chi connectivity index (χ2n) is 5.39. The van der Waals surface area contributed by atoms with Gasteiger partial charge in [0.1, 0.15) is 0 Å². The van der Waals surface area contributed by atoms with Crippen LogP contribution in [0.15, 0.2) is 53.5 Å². The van der Waals surface area contributed by atoms with Gasteiger partial charge in [-0.1, -0.05) is 18.2 Å². The highest BCUT2D eigenvalue weighted by atomic mass is 19.1. The number of pyridine rings is 1. The molecular weight excluding hydrogens is 309 g/mol. The number of halogens is 1. The molecule has 0 saturated heterocycles. The number of rotatable bonds is 3. The normalized spacial score (nSPS) is 10.8. The Morgan fingerprint density at radius 1 is 1.21 bits per heavy atom. The zero-order valence-corrected chi connectivity index (χ0v) is 13.4. The van der Waals surface area contributed by atoms with Gasteiger partial charge in [0.05, 0.1) is 12.2 Å². The van der Waals surface area contributed by atoms with Crippen LogP contribution >= 0.6 is 0 Å². The minimum absolute atomic E-state index is 0.214. The van der Waals surface area contributed by atoms with Gasteiger partial charge in [-0.3, -0.25) is 4.79 Å². The second kappa shape index (κ2) is 6.28. The first-order valence-corrected chi connectivity index (χ1v) is 7.61. The Kier molecular flexibility index (Phi) is 4.16. The van der Waals surface area contributed by atoms with Gasteiger partial charge in [-0.2, -0.15) is 0 Å². The van der Waals surface area contributed by atoms with Crippen LogP contribution in [0.4, 0.5) is 4.39 Å². The molecule has 5 heteroatoms. The minimum Gasteiger partial charge on any atom is -0.462 e. The lowest BCUT2D eigenvalue weighted by atomic mass is 9.97. The maximum atomic E-state index is 13.7.